The molecule has 1 aromatic rings. The second kappa shape index (κ2) is 6.05. The Balaban J connectivity index is 2.14. The average molecular weight is 252 g/mol. The first-order valence-corrected chi connectivity index (χ1v) is 6.56. The van der Waals surface area contributed by atoms with E-state index in [2.05, 4.69) is 17.1 Å². The molecule has 1 aromatic carbocycles. The van der Waals surface area contributed by atoms with Crippen molar-refractivity contribution in [1.82, 2.24) is 5.32 Å². The number of rotatable bonds is 4. The predicted octanol–water partition coefficient (Wildman–Crippen LogP) is 2.41. The van der Waals surface area contributed by atoms with Crippen molar-refractivity contribution < 1.29 is 9.13 Å². The maximum atomic E-state index is 13.9. The van der Waals surface area contributed by atoms with E-state index in [-0.39, 0.29) is 5.82 Å². The lowest BCUT2D eigenvalue weighted by Gasteiger charge is -2.35. The summed E-state index contributed by atoms with van der Waals surface area (Å²) in [6.07, 6.45) is 2.25. The zero-order chi connectivity index (χ0) is 13.0. The number of hydrogen-bond donors (Lipinski definition) is 1. The Morgan fingerprint density at radius 2 is 2.33 bits per heavy atom. The zero-order valence-electron chi connectivity index (χ0n) is 11.1. The summed E-state index contributed by atoms with van der Waals surface area (Å²) in [7, 11) is 1.61. The van der Waals surface area contributed by atoms with E-state index in [1.165, 1.54) is 6.07 Å². The molecule has 1 aliphatic heterocycles. The second-order valence-electron chi connectivity index (χ2n) is 4.66. The van der Waals surface area contributed by atoms with Gasteiger partial charge in [-0.05, 0) is 31.5 Å². The van der Waals surface area contributed by atoms with Gasteiger partial charge in [-0.25, -0.2) is 4.39 Å². The number of halogens is 1. The van der Waals surface area contributed by atoms with Crippen LogP contribution in [-0.2, 0) is 0 Å². The van der Waals surface area contributed by atoms with E-state index >= 15 is 0 Å². The Kier molecular flexibility index (Phi) is 4.42. The largest absolute Gasteiger partial charge is 0.497 e. The second-order valence-corrected chi connectivity index (χ2v) is 4.66. The SMILES string of the molecule is CCNC1CCCN(c2cc(OC)ccc2F)C1. The monoisotopic (exact) mass is 252 g/mol. The fraction of sp³-hybridized carbons (Fsp3) is 0.571. The highest BCUT2D eigenvalue weighted by Gasteiger charge is 2.21. The van der Waals surface area contributed by atoms with Crippen LogP contribution in [0.3, 0.4) is 0 Å². The standard InChI is InChI=1S/C14H21FN2O/c1-3-16-11-5-4-8-17(10-11)14-9-12(18-2)6-7-13(14)15/h6-7,9,11,16H,3-5,8,10H2,1-2H3. The van der Waals surface area contributed by atoms with Gasteiger partial charge in [0, 0.05) is 25.2 Å². The number of nitrogens with one attached hydrogen (secondary N) is 1. The number of piperidine rings is 1. The van der Waals surface area contributed by atoms with E-state index in [1.54, 1.807) is 19.2 Å². The Labute approximate surface area is 108 Å². The van der Waals surface area contributed by atoms with Gasteiger partial charge in [-0.2, -0.15) is 0 Å². The van der Waals surface area contributed by atoms with Crippen LogP contribution in [0.15, 0.2) is 18.2 Å². The molecule has 1 unspecified atom stereocenters. The lowest BCUT2D eigenvalue weighted by molar-refractivity contribution is 0.410. The molecular weight excluding hydrogens is 231 g/mol. The minimum atomic E-state index is -0.173. The molecule has 1 aliphatic rings. The van der Waals surface area contributed by atoms with E-state index in [1.807, 2.05) is 0 Å². The highest BCUT2D eigenvalue weighted by atomic mass is 19.1. The lowest BCUT2D eigenvalue weighted by atomic mass is 10.0. The quantitative estimate of drug-likeness (QED) is 0.890. The summed E-state index contributed by atoms with van der Waals surface area (Å²) in [6, 6.07) is 5.37. The summed E-state index contributed by atoms with van der Waals surface area (Å²) < 4.78 is 19.1. The Morgan fingerprint density at radius 1 is 1.50 bits per heavy atom. The van der Waals surface area contributed by atoms with Gasteiger partial charge in [0.05, 0.1) is 12.8 Å². The third kappa shape index (κ3) is 2.93. The average Bonchev–Trinajstić information content (AvgIpc) is 2.40. The Bertz CT molecular complexity index is 395. The van der Waals surface area contributed by atoms with E-state index in [9.17, 15) is 4.39 Å². The van der Waals surface area contributed by atoms with Gasteiger partial charge in [0.2, 0.25) is 0 Å². The van der Waals surface area contributed by atoms with E-state index < -0.39 is 0 Å². The summed E-state index contributed by atoms with van der Waals surface area (Å²) in [4.78, 5) is 2.11. The highest BCUT2D eigenvalue weighted by molar-refractivity contribution is 5.52. The molecule has 0 bridgehead atoms. The maximum absolute atomic E-state index is 13.9. The van der Waals surface area contributed by atoms with Crippen molar-refractivity contribution in [2.24, 2.45) is 0 Å². The first-order valence-electron chi connectivity index (χ1n) is 6.56. The Hall–Kier alpha value is -1.29. The van der Waals surface area contributed by atoms with E-state index in [4.69, 9.17) is 4.74 Å². The van der Waals surface area contributed by atoms with Crippen molar-refractivity contribution in [3.63, 3.8) is 0 Å². The first kappa shape index (κ1) is 13.1. The van der Waals surface area contributed by atoms with Crippen LogP contribution in [0.2, 0.25) is 0 Å². The van der Waals surface area contributed by atoms with Crippen LogP contribution in [0.1, 0.15) is 19.8 Å². The third-order valence-electron chi connectivity index (χ3n) is 3.41. The molecule has 0 aliphatic carbocycles. The van der Waals surface area contributed by atoms with Gasteiger partial charge in [0.15, 0.2) is 0 Å². The molecule has 1 fully saturated rings. The summed E-state index contributed by atoms with van der Waals surface area (Å²) in [5, 5.41) is 3.44. The molecule has 0 spiro atoms. The van der Waals surface area contributed by atoms with Crippen molar-refractivity contribution in [3.05, 3.63) is 24.0 Å². The summed E-state index contributed by atoms with van der Waals surface area (Å²) in [5.41, 5.74) is 0.650. The van der Waals surface area contributed by atoms with Crippen molar-refractivity contribution in [2.45, 2.75) is 25.8 Å². The number of hydrogen-bond acceptors (Lipinski definition) is 3. The number of likely N-dealkylation sites (N-methyl/N-ethyl adjacent to an activating group) is 1. The van der Waals surface area contributed by atoms with E-state index in [0.717, 1.165) is 32.5 Å². The maximum Gasteiger partial charge on any atom is 0.146 e. The number of benzene rings is 1. The molecule has 2 rings (SSSR count). The van der Waals surface area contributed by atoms with Gasteiger partial charge in [-0.15, -0.1) is 0 Å². The zero-order valence-corrected chi connectivity index (χ0v) is 11.1. The number of methoxy groups -OCH3 is 1. The van der Waals surface area contributed by atoms with E-state index in [0.29, 0.717) is 17.5 Å². The van der Waals surface area contributed by atoms with Gasteiger partial charge in [-0.3, -0.25) is 0 Å². The topological polar surface area (TPSA) is 24.5 Å². The number of nitrogens with zero attached hydrogens (tertiary/aromatic N) is 1. The fourth-order valence-corrected chi connectivity index (χ4v) is 2.51. The van der Waals surface area contributed by atoms with Crippen LogP contribution in [0, 0.1) is 5.82 Å². The van der Waals surface area contributed by atoms with Gasteiger partial charge in [0.25, 0.3) is 0 Å². The predicted molar refractivity (Wildman–Crippen MR) is 71.9 cm³/mol. The summed E-state index contributed by atoms with van der Waals surface area (Å²) in [5.74, 6) is 0.532. The molecule has 0 amide bonds. The number of anilines is 1. The molecule has 3 nitrogen and oxygen atoms in total. The molecular formula is C14H21FN2O. The summed E-state index contributed by atoms with van der Waals surface area (Å²) >= 11 is 0. The smallest absolute Gasteiger partial charge is 0.146 e. The van der Waals surface area contributed by atoms with Crippen molar-refractivity contribution in [3.8, 4) is 5.75 Å². The van der Waals surface area contributed by atoms with Gasteiger partial charge >= 0.3 is 0 Å². The van der Waals surface area contributed by atoms with Gasteiger partial charge < -0.3 is 15.0 Å². The highest BCUT2D eigenvalue weighted by Crippen LogP contribution is 2.27. The fourth-order valence-electron chi connectivity index (χ4n) is 2.51. The van der Waals surface area contributed by atoms with Gasteiger partial charge in [-0.1, -0.05) is 6.92 Å². The summed E-state index contributed by atoms with van der Waals surface area (Å²) in [6.45, 7) is 4.83. The molecule has 1 saturated heterocycles. The molecule has 4 heteroatoms. The molecule has 0 radical (unpaired) electrons. The number of ether oxygens (including phenoxy) is 1. The van der Waals surface area contributed by atoms with Gasteiger partial charge in [0.1, 0.15) is 11.6 Å². The normalized spacial score (nSPS) is 19.9. The molecule has 1 atom stereocenters. The molecule has 1 N–H and O–H groups in total. The van der Waals surface area contributed by atoms with Crippen LogP contribution in [0.25, 0.3) is 0 Å². The van der Waals surface area contributed by atoms with Crippen LogP contribution < -0.4 is 15.0 Å². The Morgan fingerprint density at radius 3 is 3.06 bits per heavy atom. The molecule has 100 valence electrons. The van der Waals surface area contributed by atoms with Crippen LogP contribution in [-0.4, -0.2) is 32.8 Å². The molecule has 18 heavy (non-hydrogen) atoms. The minimum Gasteiger partial charge on any atom is -0.497 e. The molecule has 1 heterocycles. The lowest BCUT2D eigenvalue weighted by Crippen LogP contribution is -2.46. The minimum absolute atomic E-state index is 0.173. The van der Waals surface area contributed by atoms with Crippen LogP contribution in [0.4, 0.5) is 10.1 Å². The third-order valence-corrected chi connectivity index (χ3v) is 3.41. The van der Waals surface area contributed by atoms with Crippen molar-refractivity contribution >= 4 is 5.69 Å². The molecule has 0 saturated carbocycles. The van der Waals surface area contributed by atoms with Crippen LogP contribution >= 0.6 is 0 Å². The van der Waals surface area contributed by atoms with Crippen LogP contribution in [0.5, 0.6) is 5.75 Å². The van der Waals surface area contributed by atoms with Crippen molar-refractivity contribution in [1.29, 1.82) is 0 Å². The molecule has 0 aromatic heterocycles. The van der Waals surface area contributed by atoms with Crippen molar-refractivity contribution in [2.75, 3.05) is 31.6 Å². The first-order chi connectivity index (χ1) is 8.74.